The second-order valence-electron chi connectivity index (χ2n) is 1.96. The Morgan fingerprint density at radius 1 is 1.36 bits per heavy atom. The molecule has 2 atom stereocenters. The summed E-state index contributed by atoms with van der Waals surface area (Å²) in [7, 11) is 0. The summed E-state index contributed by atoms with van der Waals surface area (Å²) in [6, 6.07) is 0. The molecule has 2 unspecified atom stereocenters. The van der Waals surface area contributed by atoms with E-state index in [1.165, 1.54) is 0 Å². The van der Waals surface area contributed by atoms with Gasteiger partial charge in [-0.3, -0.25) is 4.79 Å². The van der Waals surface area contributed by atoms with Crippen molar-refractivity contribution in [3.05, 3.63) is 0 Å². The lowest BCUT2D eigenvalue weighted by Gasteiger charge is -2.16. The molecule has 0 N–H and O–H groups in total. The largest absolute Gasteiger partial charge is 0.438 e. The Hall–Kier alpha value is -0.610. The molecule has 0 aliphatic carbocycles. The molecule has 0 saturated heterocycles. The lowest BCUT2D eigenvalue weighted by atomic mass is 10.7. The minimum absolute atomic E-state index is 0.338. The lowest BCUT2D eigenvalue weighted by Crippen LogP contribution is -2.21. The van der Waals surface area contributed by atoms with Gasteiger partial charge in [-0.1, -0.05) is 0 Å². The predicted molar refractivity (Wildman–Crippen MR) is 38.8 cm³/mol. The fourth-order valence-electron chi connectivity index (χ4n) is 0.654. The van der Waals surface area contributed by atoms with Crippen LogP contribution in [0, 0.1) is 0 Å². The van der Waals surface area contributed by atoms with E-state index in [0.29, 0.717) is 13.1 Å². The fourth-order valence-corrected chi connectivity index (χ4v) is 0.654. The highest BCUT2D eigenvalue weighted by Gasteiger charge is 2.07. The third-order valence-corrected chi connectivity index (χ3v) is 1.03. The van der Waals surface area contributed by atoms with Gasteiger partial charge in [0.05, 0.1) is 0 Å². The van der Waals surface area contributed by atoms with Crippen LogP contribution < -0.4 is 0 Å². The Morgan fingerprint density at radius 2 is 2.00 bits per heavy atom. The van der Waals surface area contributed by atoms with Gasteiger partial charge >= 0.3 is 0 Å². The molecule has 0 aromatic heterocycles. The summed E-state index contributed by atoms with van der Waals surface area (Å²) in [4.78, 5) is 9.81. The average Bonchev–Trinajstić information content (AvgIpc) is 1.87. The number of ether oxygens (including phenoxy) is 3. The van der Waals surface area contributed by atoms with E-state index in [1.54, 1.807) is 13.8 Å². The summed E-state index contributed by atoms with van der Waals surface area (Å²) in [6.07, 6.45) is -0.885. The van der Waals surface area contributed by atoms with Crippen molar-refractivity contribution >= 4 is 6.47 Å². The Balaban J connectivity index is 3.39. The molecule has 0 aromatic carbocycles. The topological polar surface area (TPSA) is 44.8 Å². The predicted octanol–water partition coefficient (Wildman–Crippen LogP) is 0.904. The summed E-state index contributed by atoms with van der Waals surface area (Å²) >= 11 is 0. The first kappa shape index (κ1) is 10.4. The Bertz CT molecular complexity index is 105. The van der Waals surface area contributed by atoms with Crippen LogP contribution in [0.2, 0.25) is 0 Å². The summed E-state index contributed by atoms with van der Waals surface area (Å²) in [5.74, 6) is 0. The van der Waals surface area contributed by atoms with E-state index in [-0.39, 0.29) is 6.29 Å². The Morgan fingerprint density at radius 3 is 2.45 bits per heavy atom. The van der Waals surface area contributed by atoms with Crippen LogP contribution in [-0.2, 0) is 19.0 Å². The van der Waals surface area contributed by atoms with Crippen LogP contribution >= 0.6 is 0 Å². The maximum atomic E-state index is 9.81. The van der Waals surface area contributed by atoms with Crippen molar-refractivity contribution in [1.82, 2.24) is 0 Å². The van der Waals surface area contributed by atoms with Gasteiger partial charge in [0.25, 0.3) is 6.47 Å². The molecule has 0 saturated carbocycles. The highest BCUT2D eigenvalue weighted by molar-refractivity contribution is 5.37. The van der Waals surface area contributed by atoms with Gasteiger partial charge in [-0.2, -0.15) is 0 Å². The Labute approximate surface area is 66.4 Å². The molecule has 0 aliphatic rings. The van der Waals surface area contributed by atoms with Gasteiger partial charge in [0, 0.05) is 6.61 Å². The molecule has 0 aliphatic heterocycles. The number of hydrogen-bond acceptors (Lipinski definition) is 4. The maximum Gasteiger partial charge on any atom is 0.295 e. The molecule has 0 fully saturated rings. The molecule has 4 nitrogen and oxygen atoms in total. The second kappa shape index (κ2) is 6.12. The fraction of sp³-hybridized carbons (Fsp3) is 0.857. The van der Waals surface area contributed by atoms with Crippen LogP contribution in [0.15, 0.2) is 0 Å². The number of hydrogen-bond donors (Lipinski definition) is 0. The number of carbonyl (C=O) groups excluding carboxylic acids is 1. The van der Waals surface area contributed by atoms with Crippen LogP contribution in [0.5, 0.6) is 0 Å². The summed E-state index contributed by atoms with van der Waals surface area (Å²) in [6.45, 7) is 6.17. The molecule has 0 bridgehead atoms. The van der Waals surface area contributed by atoms with Gasteiger partial charge in [0.2, 0.25) is 6.29 Å². The molecule has 11 heavy (non-hydrogen) atoms. The third kappa shape index (κ3) is 5.82. The first-order chi connectivity index (χ1) is 5.20. The lowest BCUT2D eigenvalue weighted by molar-refractivity contribution is -0.221. The van der Waals surface area contributed by atoms with Crippen LogP contribution in [0.3, 0.4) is 0 Å². The highest BCUT2D eigenvalue weighted by atomic mass is 16.8. The van der Waals surface area contributed by atoms with E-state index in [9.17, 15) is 4.79 Å². The van der Waals surface area contributed by atoms with Crippen LogP contribution in [0.4, 0.5) is 0 Å². The quantitative estimate of drug-likeness (QED) is 0.430. The first-order valence-corrected chi connectivity index (χ1v) is 3.56. The average molecular weight is 162 g/mol. The van der Waals surface area contributed by atoms with Gasteiger partial charge < -0.3 is 14.2 Å². The van der Waals surface area contributed by atoms with E-state index in [2.05, 4.69) is 4.74 Å². The molecular formula is C7H14O4. The third-order valence-electron chi connectivity index (χ3n) is 1.03. The van der Waals surface area contributed by atoms with Gasteiger partial charge in [0.1, 0.15) is 0 Å². The summed E-state index contributed by atoms with van der Waals surface area (Å²) in [5, 5.41) is 0. The van der Waals surface area contributed by atoms with Crippen LogP contribution in [0.1, 0.15) is 20.8 Å². The molecule has 0 aromatic rings. The molecule has 66 valence electrons. The van der Waals surface area contributed by atoms with Crippen LogP contribution in [0.25, 0.3) is 0 Å². The zero-order valence-corrected chi connectivity index (χ0v) is 7.07. The zero-order chi connectivity index (χ0) is 8.69. The Kier molecular flexibility index (Phi) is 5.78. The molecular weight excluding hydrogens is 148 g/mol. The molecule has 4 heteroatoms. The number of rotatable bonds is 6. The monoisotopic (exact) mass is 162 g/mol. The standard InChI is InChI=1S/C7H14O4/c1-4-9-6(2)11-7(3)10-5-8/h5-7H,4H2,1-3H3. The zero-order valence-electron chi connectivity index (χ0n) is 7.07. The highest BCUT2D eigenvalue weighted by Crippen LogP contribution is 1.99. The normalized spacial score (nSPS) is 15.5. The SMILES string of the molecule is CCOC(C)OC(C)OC=O. The summed E-state index contributed by atoms with van der Waals surface area (Å²) < 4.78 is 14.6. The van der Waals surface area contributed by atoms with E-state index in [1.807, 2.05) is 6.92 Å². The smallest absolute Gasteiger partial charge is 0.295 e. The minimum atomic E-state index is -0.547. The van der Waals surface area contributed by atoms with Crippen molar-refractivity contribution in [3.8, 4) is 0 Å². The van der Waals surface area contributed by atoms with Crippen molar-refractivity contribution in [2.75, 3.05) is 6.61 Å². The second-order valence-corrected chi connectivity index (χ2v) is 1.96. The van der Waals surface area contributed by atoms with Crippen LogP contribution in [-0.4, -0.2) is 25.7 Å². The van der Waals surface area contributed by atoms with Gasteiger partial charge in [0.15, 0.2) is 6.29 Å². The number of carbonyl (C=O) groups is 1. The maximum absolute atomic E-state index is 9.81. The summed E-state index contributed by atoms with van der Waals surface area (Å²) in [5.41, 5.74) is 0. The van der Waals surface area contributed by atoms with Crippen molar-refractivity contribution in [2.45, 2.75) is 33.4 Å². The van der Waals surface area contributed by atoms with E-state index >= 15 is 0 Å². The molecule has 0 spiro atoms. The first-order valence-electron chi connectivity index (χ1n) is 3.56. The van der Waals surface area contributed by atoms with Gasteiger partial charge in [-0.05, 0) is 20.8 Å². The van der Waals surface area contributed by atoms with Gasteiger partial charge in [-0.15, -0.1) is 0 Å². The van der Waals surface area contributed by atoms with Crippen molar-refractivity contribution in [1.29, 1.82) is 0 Å². The van der Waals surface area contributed by atoms with Crippen molar-refractivity contribution < 1.29 is 19.0 Å². The molecule has 0 radical (unpaired) electrons. The van der Waals surface area contributed by atoms with Crippen molar-refractivity contribution in [2.24, 2.45) is 0 Å². The van der Waals surface area contributed by atoms with E-state index < -0.39 is 6.29 Å². The van der Waals surface area contributed by atoms with E-state index in [4.69, 9.17) is 9.47 Å². The molecule has 0 amide bonds. The molecule has 0 heterocycles. The molecule has 0 rings (SSSR count). The van der Waals surface area contributed by atoms with Gasteiger partial charge in [-0.25, -0.2) is 0 Å². The van der Waals surface area contributed by atoms with Crippen molar-refractivity contribution in [3.63, 3.8) is 0 Å². The minimum Gasteiger partial charge on any atom is -0.438 e. The van der Waals surface area contributed by atoms with E-state index in [0.717, 1.165) is 0 Å².